The Morgan fingerprint density at radius 2 is 2.25 bits per heavy atom. The normalized spacial score (nSPS) is 42.5. The van der Waals surface area contributed by atoms with Crippen LogP contribution in [-0.4, -0.2) is 5.78 Å². The molecule has 12 heavy (non-hydrogen) atoms. The summed E-state index contributed by atoms with van der Waals surface area (Å²) in [4.78, 5) is 11.2. The van der Waals surface area contributed by atoms with Crippen molar-refractivity contribution < 1.29 is 4.79 Å². The first-order valence-electron chi connectivity index (χ1n) is 4.88. The summed E-state index contributed by atoms with van der Waals surface area (Å²) in [5, 5.41) is 0. The summed E-state index contributed by atoms with van der Waals surface area (Å²) in [5.41, 5.74) is 1.61. The lowest BCUT2D eigenvalue weighted by Crippen LogP contribution is -2.18. The standard InChI is InChI=1S/C11H16O/c1-3-8-4-10-5-9(8)6-11(10)7(2)12/h3,9-11H,4-6H2,1-2H3/t9-,10+,11?/m0/s1. The van der Waals surface area contributed by atoms with Crippen LogP contribution in [0.15, 0.2) is 11.6 Å². The molecular formula is C11H16O. The number of ketones is 1. The Morgan fingerprint density at radius 3 is 2.67 bits per heavy atom. The van der Waals surface area contributed by atoms with Crippen molar-refractivity contribution in [3.63, 3.8) is 0 Å². The molecule has 2 saturated carbocycles. The van der Waals surface area contributed by atoms with Crippen LogP contribution in [0.3, 0.4) is 0 Å². The lowest BCUT2D eigenvalue weighted by molar-refractivity contribution is -0.121. The van der Waals surface area contributed by atoms with Gasteiger partial charge in [0.1, 0.15) is 5.78 Å². The minimum atomic E-state index is 0.402. The smallest absolute Gasteiger partial charge is 0.133 e. The molecule has 0 aromatic carbocycles. The Kier molecular flexibility index (Phi) is 1.82. The van der Waals surface area contributed by atoms with Gasteiger partial charge in [-0.05, 0) is 44.9 Å². The highest BCUT2D eigenvalue weighted by atomic mass is 16.1. The molecule has 0 heterocycles. The maximum Gasteiger partial charge on any atom is 0.133 e. The highest BCUT2D eigenvalue weighted by molar-refractivity contribution is 5.79. The number of carbonyl (C=O) groups is 1. The number of hydrogen-bond donors (Lipinski definition) is 0. The zero-order chi connectivity index (χ0) is 8.72. The van der Waals surface area contributed by atoms with Crippen molar-refractivity contribution in [2.24, 2.45) is 17.8 Å². The summed E-state index contributed by atoms with van der Waals surface area (Å²) in [6.45, 7) is 3.87. The second-order valence-electron chi connectivity index (χ2n) is 4.21. The number of allylic oxidation sites excluding steroid dienone is 2. The molecule has 0 spiro atoms. The molecular weight excluding hydrogens is 148 g/mol. The fourth-order valence-corrected chi connectivity index (χ4v) is 2.97. The average molecular weight is 164 g/mol. The third-order valence-electron chi connectivity index (χ3n) is 3.61. The number of hydrogen-bond acceptors (Lipinski definition) is 1. The third kappa shape index (κ3) is 1.03. The van der Waals surface area contributed by atoms with Crippen molar-refractivity contribution in [2.75, 3.05) is 0 Å². The Hall–Kier alpha value is -0.590. The van der Waals surface area contributed by atoms with Gasteiger partial charge < -0.3 is 0 Å². The zero-order valence-corrected chi connectivity index (χ0v) is 7.84. The highest BCUT2D eigenvalue weighted by Gasteiger charge is 2.43. The SMILES string of the molecule is CC=C1C[C@@H]2C[C@H]1CC2C(C)=O. The number of fused-ring (bicyclic) bond motifs is 2. The van der Waals surface area contributed by atoms with Gasteiger partial charge in [0.15, 0.2) is 0 Å². The number of rotatable bonds is 1. The van der Waals surface area contributed by atoms with Crippen molar-refractivity contribution in [1.82, 2.24) is 0 Å². The van der Waals surface area contributed by atoms with E-state index in [9.17, 15) is 4.79 Å². The molecule has 2 fully saturated rings. The molecule has 0 saturated heterocycles. The first-order valence-corrected chi connectivity index (χ1v) is 4.88. The molecule has 0 amide bonds. The van der Waals surface area contributed by atoms with Gasteiger partial charge in [0.2, 0.25) is 0 Å². The maximum atomic E-state index is 11.2. The van der Waals surface area contributed by atoms with Crippen LogP contribution in [0.4, 0.5) is 0 Å². The van der Waals surface area contributed by atoms with Crippen molar-refractivity contribution in [3.05, 3.63) is 11.6 Å². The molecule has 66 valence electrons. The van der Waals surface area contributed by atoms with Gasteiger partial charge >= 0.3 is 0 Å². The Morgan fingerprint density at radius 1 is 1.50 bits per heavy atom. The minimum Gasteiger partial charge on any atom is -0.300 e. The summed E-state index contributed by atoms with van der Waals surface area (Å²) in [6.07, 6.45) is 5.87. The lowest BCUT2D eigenvalue weighted by Gasteiger charge is -2.20. The molecule has 2 bridgehead atoms. The van der Waals surface area contributed by atoms with E-state index in [4.69, 9.17) is 0 Å². The van der Waals surface area contributed by atoms with Gasteiger partial charge in [-0.15, -0.1) is 0 Å². The van der Waals surface area contributed by atoms with E-state index >= 15 is 0 Å². The largest absolute Gasteiger partial charge is 0.300 e. The van der Waals surface area contributed by atoms with E-state index in [1.54, 1.807) is 12.5 Å². The quantitative estimate of drug-likeness (QED) is 0.544. The molecule has 0 N–H and O–H groups in total. The van der Waals surface area contributed by atoms with Gasteiger partial charge in [0.05, 0.1) is 0 Å². The Labute approximate surface area is 73.8 Å². The van der Waals surface area contributed by atoms with Gasteiger partial charge in [-0.1, -0.05) is 11.6 Å². The average Bonchev–Trinajstić information content (AvgIpc) is 2.60. The lowest BCUT2D eigenvalue weighted by atomic mass is 9.83. The fourth-order valence-electron chi connectivity index (χ4n) is 2.97. The first kappa shape index (κ1) is 8.03. The second kappa shape index (κ2) is 2.72. The van der Waals surface area contributed by atoms with Gasteiger partial charge in [-0.2, -0.15) is 0 Å². The van der Waals surface area contributed by atoms with Gasteiger partial charge in [0, 0.05) is 5.92 Å². The van der Waals surface area contributed by atoms with E-state index in [2.05, 4.69) is 13.0 Å². The summed E-state index contributed by atoms with van der Waals surface area (Å²) < 4.78 is 0. The van der Waals surface area contributed by atoms with Crippen LogP contribution in [0.1, 0.15) is 33.1 Å². The van der Waals surface area contributed by atoms with Crippen molar-refractivity contribution in [2.45, 2.75) is 33.1 Å². The molecule has 0 aliphatic heterocycles. The molecule has 1 nitrogen and oxygen atoms in total. The monoisotopic (exact) mass is 164 g/mol. The number of carbonyl (C=O) groups excluding carboxylic acids is 1. The Balaban J connectivity index is 2.13. The van der Waals surface area contributed by atoms with Crippen LogP contribution >= 0.6 is 0 Å². The molecule has 0 radical (unpaired) electrons. The second-order valence-corrected chi connectivity index (χ2v) is 4.21. The van der Waals surface area contributed by atoms with Crippen molar-refractivity contribution in [1.29, 1.82) is 0 Å². The zero-order valence-electron chi connectivity index (χ0n) is 7.84. The van der Waals surface area contributed by atoms with Crippen LogP contribution < -0.4 is 0 Å². The van der Waals surface area contributed by atoms with Crippen LogP contribution in [0, 0.1) is 17.8 Å². The number of Topliss-reactive ketones (excluding diaryl/α,β-unsaturated/α-hetero) is 1. The van der Waals surface area contributed by atoms with Gasteiger partial charge in [-0.25, -0.2) is 0 Å². The van der Waals surface area contributed by atoms with E-state index in [-0.39, 0.29) is 0 Å². The van der Waals surface area contributed by atoms with Crippen LogP contribution in [0.25, 0.3) is 0 Å². The van der Waals surface area contributed by atoms with Crippen LogP contribution in [0.2, 0.25) is 0 Å². The molecule has 2 rings (SSSR count). The minimum absolute atomic E-state index is 0.402. The topological polar surface area (TPSA) is 17.1 Å². The molecule has 3 atom stereocenters. The first-order chi connectivity index (χ1) is 5.72. The van der Waals surface area contributed by atoms with Crippen molar-refractivity contribution in [3.8, 4) is 0 Å². The van der Waals surface area contributed by atoms with E-state index < -0.39 is 0 Å². The van der Waals surface area contributed by atoms with Gasteiger partial charge in [-0.3, -0.25) is 4.79 Å². The third-order valence-corrected chi connectivity index (χ3v) is 3.61. The van der Waals surface area contributed by atoms with E-state index in [0.717, 1.165) is 12.3 Å². The van der Waals surface area contributed by atoms with E-state index in [1.165, 1.54) is 12.8 Å². The summed E-state index contributed by atoms with van der Waals surface area (Å²) in [7, 11) is 0. The summed E-state index contributed by atoms with van der Waals surface area (Å²) >= 11 is 0. The van der Waals surface area contributed by atoms with Crippen LogP contribution in [0.5, 0.6) is 0 Å². The maximum absolute atomic E-state index is 11.2. The van der Waals surface area contributed by atoms with E-state index in [0.29, 0.717) is 17.6 Å². The molecule has 2 aliphatic rings. The summed E-state index contributed by atoms with van der Waals surface area (Å²) in [5.74, 6) is 2.27. The van der Waals surface area contributed by atoms with Crippen LogP contribution in [-0.2, 0) is 4.79 Å². The molecule has 2 aliphatic carbocycles. The molecule has 1 unspecified atom stereocenters. The van der Waals surface area contributed by atoms with Gasteiger partial charge in [0.25, 0.3) is 0 Å². The predicted octanol–water partition coefficient (Wildman–Crippen LogP) is 2.57. The van der Waals surface area contributed by atoms with Crippen molar-refractivity contribution >= 4 is 5.78 Å². The highest BCUT2D eigenvalue weighted by Crippen LogP contribution is 2.51. The molecule has 1 heteroatoms. The summed E-state index contributed by atoms with van der Waals surface area (Å²) in [6, 6.07) is 0. The van der Waals surface area contributed by atoms with E-state index in [1.807, 2.05) is 0 Å². The molecule has 0 aromatic heterocycles. The molecule has 0 aromatic rings. The Bertz CT molecular complexity index is 239. The fraction of sp³-hybridized carbons (Fsp3) is 0.727. The predicted molar refractivity (Wildman–Crippen MR) is 48.8 cm³/mol.